The minimum Gasteiger partial charge on any atom is -0.302 e. The van der Waals surface area contributed by atoms with Gasteiger partial charge in [0.1, 0.15) is 6.29 Å². The van der Waals surface area contributed by atoms with E-state index in [1.807, 2.05) is 0 Å². The molecular formula is C16H25N3O. The van der Waals surface area contributed by atoms with E-state index in [1.54, 1.807) is 0 Å². The monoisotopic (exact) mass is 275 g/mol. The summed E-state index contributed by atoms with van der Waals surface area (Å²) in [4.78, 5) is 13.4. The van der Waals surface area contributed by atoms with Crippen LogP contribution in [-0.2, 0) is 11.3 Å². The van der Waals surface area contributed by atoms with Gasteiger partial charge in [0.05, 0.1) is 17.8 Å². The molecule has 110 valence electrons. The summed E-state index contributed by atoms with van der Waals surface area (Å²) in [5.74, 6) is 0. The van der Waals surface area contributed by atoms with Gasteiger partial charge in [-0.3, -0.25) is 9.58 Å². The minimum atomic E-state index is 0.101. The summed E-state index contributed by atoms with van der Waals surface area (Å²) in [5, 5.41) is 4.76. The molecule has 0 spiro atoms. The van der Waals surface area contributed by atoms with E-state index in [0.717, 1.165) is 31.5 Å². The maximum Gasteiger partial charge on any atom is 0.137 e. The molecule has 1 aliphatic heterocycles. The number of hydrogen-bond acceptors (Lipinski definition) is 3. The van der Waals surface area contributed by atoms with Crippen molar-refractivity contribution >= 4 is 6.29 Å². The Hall–Kier alpha value is -1.16. The molecule has 2 fully saturated rings. The largest absolute Gasteiger partial charge is 0.302 e. The van der Waals surface area contributed by atoms with Gasteiger partial charge in [0.25, 0.3) is 0 Å². The normalized spacial score (nSPS) is 25.7. The molecule has 20 heavy (non-hydrogen) atoms. The van der Waals surface area contributed by atoms with E-state index < -0.39 is 0 Å². The Morgan fingerprint density at radius 1 is 1.15 bits per heavy atom. The zero-order valence-electron chi connectivity index (χ0n) is 12.2. The molecule has 1 aliphatic carbocycles. The first-order valence-electron chi connectivity index (χ1n) is 8.10. The second-order valence-corrected chi connectivity index (χ2v) is 6.25. The van der Waals surface area contributed by atoms with Crippen molar-refractivity contribution in [3.05, 3.63) is 18.0 Å². The third-order valence-corrected chi connectivity index (χ3v) is 4.80. The highest BCUT2D eigenvalue weighted by Crippen LogP contribution is 2.27. The van der Waals surface area contributed by atoms with Crippen LogP contribution in [0, 0.1) is 0 Å². The van der Waals surface area contributed by atoms with Gasteiger partial charge in [0, 0.05) is 12.7 Å². The summed E-state index contributed by atoms with van der Waals surface area (Å²) in [6, 6.07) is 2.83. The molecule has 0 N–H and O–H groups in total. The van der Waals surface area contributed by atoms with Crippen molar-refractivity contribution in [2.24, 2.45) is 0 Å². The zero-order chi connectivity index (χ0) is 13.8. The zero-order valence-corrected chi connectivity index (χ0v) is 12.2. The first kappa shape index (κ1) is 13.8. The van der Waals surface area contributed by atoms with Crippen molar-refractivity contribution in [3.63, 3.8) is 0 Å². The van der Waals surface area contributed by atoms with E-state index >= 15 is 0 Å². The van der Waals surface area contributed by atoms with Crippen molar-refractivity contribution in [1.82, 2.24) is 14.7 Å². The molecule has 1 atom stereocenters. The predicted octanol–water partition coefficient (Wildman–Crippen LogP) is 2.94. The first-order valence-corrected chi connectivity index (χ1v) is 8.10. The van der Waals surface area contributed by atoms with Crippen LogP contribution in [0.15, 0.2) is 12.3 Å². The van der Waals surface area contributed by atoms with Gasteiger partial charge in [-0.25, -0.2) is 0 Å². The van der Waals surface area contributed by atoms with Crippen LogP contribution < -0.4 is 0 Å². The van der Waals surface area contributed by atoms with E-state index in [0.29, 0.717) is 6.04 Å². The van der Waals surface area contributed by atoms with Crippen LogP contribution in [0.25, 0.3) is 0 Å². The van der Waals surface area contributed by atoms with Gasteiger partial charge in [-0.2, -0.15) is 5.10 Å². The number of piperidine rings is 1. The third-order valence-electron chi connectivity index (χ3n) is 4.80. The summed E-state index contributed by atoms with van der Waals surface area (Å²) in [6.45, 7) is 1.85. The van der Waals surface area contributed by atoms with Gasteiger partial charge < -0.3 is 4.79 Å². The maximum atomic E-state index is 11.1. The summed E-state index contributed by atoms with van der Waals surface area (Å²) in [6.07, 6.45) is 13.2. The van der Waals surface area contributed by atoms with Gasteiger partial charge in [-0.1, -0.05) is 25.7 Å². The molecule has 0 aromatic carbocycles. The van der Waals surface area contributed by atoms with Crippen LogP contribution in [0.3, 0.4) is 0 Å². The number of likely N-dealkylation sites (tertiary alicyclic amines) is 1. The Balaban J connectivity index is 1.62. The summed E-state index contributed by atoms with van der Waals surface area (Å²) < 4.78 is 2.16. The van der Waals surface area contributed by atoms with Gasteiger partial charge in [0.2, 0.25) is 0 Å². The molecule has 2 heterocycles. The number of rotatable bonds is 4. The number of carbonyl (C=O) groups excluding carboxylic acids is 1. The van der Waals surface area contributed by atoms with Crippen LogP contribution >= 0.6 is 0 Å². The quantitative estimate of drug-likeness (QED) is 0.793. The minimum absolute atomic E-state index is 0.101. The predicted molar refractivity (Wildman–Crippen MR) is 78.5 cm³/mol. The maximum absolute atomic E-state index is 11.1. The lowest BCUT2D eigenvalue weighted by Gasteiger charge is -2.31. The van der Waals surface area contributed by atoms with Crippen LogP contribution in [0.2, 0.25) is 0 Å². The highest BCUT2D eigenvalue weighted by Gasteiger charge is 2.23. The van der Waals surface area contributed by atoms with Crippen molar-refractivity contribution in [2.45, 2.75) is 70.0 Å². The number of aromatic nitrogens is 2. The lowest BCUT2D eigenvalue weighted by molar-refractivity contribution is -0.113. The molecule has 4 heteroatoms. The smallest absolute Gasteiger partial charge is 0.137 e. The molecule has 1 saturated carbocycles. The summed E-state index contributed by atoms with van der Waals surface area (Å²) in [5.41, 5.74) is 1.12. The number of hydrogen-bond donors (Lipinski definition) is 0. The molecule has 1 aromatic rings. The lowest BCUT2D eigenvalue weighted by atomic mass is 9.96. The Morgan fingerprint density at radius 2 is 1.95 bits per heavy atom. The van der Waals surface area contributed by atoms with Crippen molar-refractivity contribution in [3.8, 4) is 0 Å². The van der Waals surface area contributed by atoms with Gasteiger partial charge in [-0.05, 0) is 38.3 Å². The molecule has 3 rings (SSSR count). The number of aldehydes is 1. The molecule has 0 bridgehead atoms. The van der Waals surface area contributed by atoms with E-state index in [1.165, 1.54) is 44.9 Å². The average molecular weight is 275 g/mol. The lowest BCUT2D eigenvalue weighted by Crippen LogP contribution is -2.40. The summed E-state index contributed by atoms with van der Waals surface area (Å²) >= 11 is 0. The second kappa shape index (κ2) is 6.53. The Bertz CT molecular complexity index is 437. The van der Waals surface area contributed by atoms with Crippen LogP contribution in [0.4, 0.5) is 0 Å². The van der Waals surface area contributed by atoms with E-state index in [2.05, 4.69) is 21.8 Å². The molecule has 0 radical (unpaired) electrons. The van der Waals surface area contributed by atoms with Crippen molar-refractivity contribution in [2.75, 3.05) is 6.54 Å². The SMILES string of the molecule is O=CC1CCCCN1Cc1ccn(C2CCCCC2)n1. The van der Waals surface area contributed by atoms with Gasteiger partial charge in [0.15, 0.2) is 0 Å². The highest BCUT2D eigenvalue weighted by atomic mass is 16.1. The molecule has 1 aromatic heterocycles. The standard InChI is InChI=1S/C16H25N3O/c20-13-16-8-4-5-10-18(16)12-14-9-11-19(17-14)15-6-2-1-3-7-15/h9,11,13,15-16H,1-8,10,12H2. The van der Waals surface area contributed by atoms with E-state index in [-0.39, 0.29) is 6.04 Å². The fraction of sp³-hybridized carbons (Fsp3) is 0.750. The molecule has 1 saturated heterocycles. The Morgan fingerprint density at radius 3 is 2.75 bits per heavy atom. The third kappa shape index (κ3) is 3.11. The van der Waals surface area contributed by atoms with Gasteiger partial charge in [-0.15, -0.1) is 0 Å². The first-order chi connectivity index (χ1) is 9.86. The number of carbonyl (C=O) groups is 1. The van der Waals surface area contributed by atoms with Crippen LogP contribution in [0.5, 0.6) is 0 Å². The van der Waals surface area contributed by atoms with Crippen molar-refractivity contribution in [1.29, 1.82) is 0 Å². The molecule has 1 unspecified atom stereocenters. The van der Waals surface area contributed by atoms with E-state index in [9.17, 15) is 4.79 Å². The fourth-order valence-electron chi connectivity index (χ4n) is 3.59. The average Bonchev–Trinajstić information content (AvgIpc) is 2.97. The van der Waals surface area contributed by atoms with Crippen LogP contribution in [0.1, 0.15) is 63.1 Å². The molecular weight excluding hydrogens is 250 g/mol. The second-order valence-electron chi connectivity index (χ2n) is 6.25. The van der Waals surface area contributed by atoms with Crippen molar-refractivity contribution < 1.29 is 4.79 Å². The number of nitrogens with zero attached hydrogens (tertiary/aromatic N) is 3. The highest BCUT2D eigenvalue weighted by molar-refractivity contribution is 5.57. The molecule has 4 nitrogen and oxygen atoms in total. The topological polar surface area (TPSA) is 38.1 Å². The van der Waals surface area contributed by atoms with E-state index in [4.69, 9.17) is 5.10 Å². The molecule has 0 amide bonds. The Labute approximate surface area is 121 Å². The molecule has 2 aliphatic rings. The Kier molecular flexibility index (Phi) is 4.51. The summed E-state index contributed by atoms with van der Waals surface area (Å²) in [7, 11) is 0. The van der Waals surface area contributed by atoms with Crippen LogP contribution in [-0.4, -0.2) is 33.6 Å². The fourth-order valence-corrected chi connectivity index (χ4v) is 3.59. The van der Waals surface area contributed by atoms with Gasteiger partial charge >= 0.3 is 0 Å².